The molecule has 0 aromatic carbocycles. The number of Topliss-reactive ketones (excluding diaryl/α,β-unsaturated/α-hetero) is 2. The number of rotatable bonds is 51. The fourth-order valence-corrected chi connectivity index (χ4v) is 16.6. The van der Waals surface area contributed by atoms with Gasteiger partial charge in [-0.3, -0.25) is 33.6 Å². The van der Waals surface area contributed by atoms with Crippen molar-refractivity contribution >= 4 is 47.3 Å². The van der Waals surface area contributed by atoms with Crippen molar-refractivity contribution in [2.45, 2.75) is 417 Å². The molecule has 20 heteroatoms. The van der Waals surface area contributed by atoms with Gasteiger partial charge in [0, 0.05) is 77.7 Å². The summed E-state index contributed by atoms with van der Waals surface area (Å²) >= 11 is 0. The number of esters is 5. The van der Waals surface area contributed by atoms with E-state index < -0.39 is 102 Å². The van der Waals surface area contributed by atoms with Crippen LogP contribution in [0.15, 0.2) is 36.0 Å². The Morgan fingerprint density at radius 2 is 1.05 bits per heavy atom. The normalized spacial score (nSPS) is 26.8. The molecule has 0 radical (unpaired) electrons. The summed E-state index contributed by atoms with van der Waals surface area (Å²) in [6.07, 6.45) is 41.5. The van der Waals surface area contributed by atoms with E-state index in [1.165, 1.54) is 148 Å². The summed E-state index contributed by atoms with van der Waals surface area (Å²) in [5.41, 5.74) is 1.54. The van der Waals surface area contributed by atoms with Gasteiger partial charge < -0.3 is 57.7 Å². The first-order chi connectivity index (χ1) is 53.0. The molecule has 1 amide bonds. The van der Waals surface area contributed by atoms with Crippen molar-refractivity contribution in [1.82, 2.24) is 4.90 Å². The third kappa shape index (κ3) is 37.6. The maximum atomic E-state index is 14.8. The van der Waals surface area contributed by atoms with E-state index >= 15 is 0 Å². The second-order valence-electron chi connectivity index (χ2n) is 33.2. The Bertz CT molecular complexity index is 2650. The monoisotopic (exact) mass is 1550 g/mol. The van der Waals surface area contributed by atoms with Crippen LogP contribution in [0.4, 0.5) is 0 Å². The number of cyclic esters (lactones) is 1. The summed E-state index contributed by atoms with van der Waals surface area (Å²) in [5.74, 6) is -9.66. The molecule has 2 bridgehead atoms. The molecule has 0 spiro atoms. The highest BCUT2D eigenvalue weighted by atomic mass is 16.7. The number of aliphatic hydroxyl groups excluding tert-OH is 1. The minimum atomic E-state index is -2.56. The molecule has 2 unspecified atom stereocenters. The molecule has 1 saturated carbocycles. The number of nitrogens with zero attached hydrogens (tertiary/aromatic N) is 1. The lowest BCUT2D eigenvalue weighted by Crippen LogP contribution is -2.64. The van der Waals surface area contributed by atoms with Gasteiger partial charge in [-0.05, 0) is 121 Å². The van der Waals surface area contributed by atoms with Crippen LogP contribution in [0.1, 0.15) is 357 Å². The topological polar surface area (TPSA) is 263 Å². The standard InChI is InChI=1S/C90H153NO19/c1-12-15-17-19-21-23-25-27-29-31-34-38-42-50-81(94)105-64-73(65-106-82(95)51-43-39-35-32-30-28-26-24-22-20-18-16-13-2)107-83(96)52-44-40-36-33-37-41-45-53-84(97)108-77-55-54-71(62-78(77)102-9)60-68(6)85-70(8)75(92)63-76(93)72(48-14-3)58-66(4)57-67(5)59-79(103-10)86-80(104-11)61-69(7)90(101,110-86)87(98)88(99)91-56-47-46-49-74(91)89(100)109-85/h14,58,60,67,69-75,77-80,85-86,92,101H,3,12-13,15-57,59,61-65H2,1-2,4-11H3/b66-58+,68-60+/t67-,69+,70+,71-,72+,74?,75-,77+,78+,79-,80-,85+,86?,90+/m0/s1. The molecule has 3 aliphatic heterocycles. The summed E-state index contributed by atoms with van der Waals surface area (Å²) in [6, 6.07) is -1.21. The highest BCUT2D eigenvalue weighted by Gasteiger charge is 2.57. The molecule has 4 rings (SSSR count). The zero-order valence-corrected chi connectivity index (χ0v) is 70.4. The Morgan fingerprint density at radius 3 is 1.54 bits per heavy atom. The number of fused-ring (bicyclic) bond motifs is 3. The van der Waals surface area contributed by atoms with Crippen LogP contribution in [-0.2, 0) is 81.0 Å². The number of ketones is 2. The van der Waals surface area contributed by atoms with Crippen molar-refractivity contribution in [2.24, 2.45) is 29.6 Å². The van der Waals surface area contributed by atoms with Crippen LogP contribution in [0.25, 0.3) is 0 Å². The van der Waals surface area contributed by atoms with Crippen LogP contribution in [0.3, 0.4) is 0 Å². The summed E-state index contributed by atoms with van der Waals surface area (Å²) in [4.78, 5) is 112. The van der Waals surface area contributed by atoms with Gasteiger partial charge >= 0.3 is 29.8 Å². The van der Waals surface area contributed by atoms with E-state index in [1.807, 2.05) is 32.9 Å². The molecular formula is C90H153NO19. The van der Waals surface area contributed by atoms with E-state index in [4.69, 9.17) is 42.6 Å². The fourth-order valence-electron chi connectivity index (χ4n) is 16.6. The molecule has 0 aromatic rings. The molecule has 2 saturated heterocycles. The van der Waals surface area contributed by atoms with Crippen molar-refractivity contribution in [2.75, 3.05) is 41.1 Å². The Labute approximate surface area is 664 Å². The maximum Gasteiger partial charge on any atom is 0.329 e. The van der Waals surface area contributed by atoms with Crippen molar-refractivity contribution in [3.05, 3.63) is 36.0 Å². The lowest BCUT2D eigenvalue weighted by molar-refractivity contribution is -0.302. The number of ether oxygens (including phenoxy) is 9. The van der Waals surface area contributed by atoms with Crippen LogP contribution in [-0.4, -0.2) is 164 Å². The lowest BCUT2D eigenvalue weighted by atomic mass is 9.81. The average Bonchev–Trinajstić information content (AvgIpc) is 0.761. The van der Waals surface area contributed by atoms with Gasteiger partial charge in [-0.25, -0.2) is 4.79 Å². The molecule has 20 nitrogen and oxygen atoms in total. The van der Waals surface area contributed by atoms with E-state index in [0.29, 0.717) is 82.6 Å². The van der Waals surface area contributed by atoms with Gasteiger partial charge in [0.05, 0.1) is 24.4 Å². The van der Waals surface area contributed by atoms with Crippen LogP contribution < -0.4 is 0 Å². The number of methoxy groups -OCH3 is 3. The molecule has 2 N–H and O–H groups in total. The Morgan fingerprint density at radius 1 is 0.591 bits per heavy atom. The fraction of sp³-hybridized carbons (Fsp3) is 0.844. The number of amides is 1. The number of aliphatic hydroxyl groups is 2. The molecule has 14 atom stereocenters. The minimum absolute atomic E-state index is 0.0294. The molecule has 3 heterocycles. The van der Waals surface area contributed by atoms with Gasteiger partial charge in [0.15, 0.2) is 6.10 Å². The number of allylic oxidation sites excluding steroid dienone is 4. The van der Waals surface area contributed by atoms with Gasteiger partial charge in [0.2, 0.25) is 5.79 Å². The Kier molecular flexibility index (Phi) is 50.7. The van der Waals surface area contributed by atoms with Crippen LogP contribution in [0, 0.1) is 29.6 Å². The van der Waals surface area contributed by atoms with Gasteiger partial charge in [-0.15, -0.1) is 6.58 Å². The van der Waals surface area contributed by atoms with E-state index in [2.05, 4.69) is 20.4 Å². The molecule has 0 aromatic heterocycles. The minimum Gasteiger partial charge on any atom is -0.462 e. The lowest BCUT2D eigenvalue weighted by Gasteiger charge is -2.47. The van der Waals surface area contributed by atoms with Gasteiger partial charge in [0.25, 0.3) is 11.7 Å². The zero-order chi connectivity index (χ0) is 80.5. The van der Waals surface area contributed by atoms with E-state index in [-0.39, 0.29) is 87.4 Å². The Hall–Kier alpha value is -4.86. The predicted molar refractivity (Wildman–Crippen MR) is 430 cm³/mol. The van der Waals surface area contributed by atoms with Gasteiger partial charge in [-0.1, -0.05) is 245 Å². The summed E-state index contributed by atoms with van der Waals surface area (Å²) in [7, 11) is 4.63. The first kappa shape index (κ1) is 97.5. The SMILES string of the molecule is C=CC[C@@H]1/C=C(\C)C[C@H](C)C[C@H](OC)C2O[C@@](O)(C(=O)C(=O)N3CCCCC3C(=O)O[C@H](/C(C)=C/[C@@H]3CC[C@@H](OC(=O)CCCCCCCCCC(=O)OC(COC(=O)CCCCCCCCCCCCCCC)COC(=O)CCCCCCCCCCCCCCC)[C@H](OC)C3)[C@H](C)[C@@H](O)CC1=O)[C@H](C)C[C@@H]2OC. The number of unbranched alkanes of at least 4 members (excludes halogenated alkanes) is 30. The second-order valence-corrected chi connectivity index (χ2v) is 33.2. The molecular weight excluding hydrogens is 1400 g/mol. The predicted octanol–water partition coefficient (Wildman–Crippen LogP) is 18.7. The quantitative estimate of drug-likeness (QED) is 0.0188. The molecule has 4 aliphatic rings. The largest absolute Gasteiger partial charge is 0.462 e. The smallest absolute Gasteiger partial charge is 0.329 e. The van der Waals surface area contributed by atoms with Gasteiger partial charge in [0.1, 0.15) is 43.4 Å². The first-order valence-electron chi connectivity index (χ1n) is 44.0. The molecule has 110 heavy (non-hydrogen) atoms. The first-order valence-corrected chi connectivity index (χ1v) is 44.0. The summed E-state index contributed by atoms with van der Waals surface area (Å²) in [6.45, 7) is 17.3. The van der Waals surface area contributed by atoms with Crippen molar-refractivity contribution in [3.63, 3.8) is 0 Å². The molecule has 632 valence electrons. The number of hydrogen-bond donors (Lipinski definition) is 2. The van der Waals surface area contributed by atoms with E-state index in [1.54, 1.807) is 27.0 Å². The number of piperidine rings is 1. The molecule has 3 fully saturated rings. The van der Waals surface area contributed by atoms with Crippen LogP contribution >= 0.6 is 0 Å². The van der Waals surface area contributed by atoms with Crippen molar-refractivity contribution < 1.29 is 91.2 Å². The summed E-state index contributed by atoms with van der Waals surface area (Å²) < 4.78 is 53.6. The highest BCUT2D eigenvalue weighted by molar-refractivity contribution is 6.39. The van der Waals surface area contributed by atoms with E-state index in [9.17, 15) is 48.6 Å². The number of hydrogen-bond acceptors (Lipinski definition) is 19. The van der Waals surface area contributed by atoms with Crippen molar-refractivity contribution in [3.8, 4) is 0 Å². The zero-order valence-electron chi connectivity index (χ0n) is 70.4. The van der Waals surface area contributed by atoms with Crippen molar-refractivity contribution in [1.29, 1.82) is 0 Å². The number of carbonyl (C=O) groups excluding carboxylic acids is 8. The second kappa shape index (κ2) is 57.2. The highest BCUT2D eigenvalue weighted by Crippen LogP contribution is 2.40. The maximum absolute atomic E-state index is 14.8. The third-order valence-electron chi connectivity index (χ3n) is 23.5. The van der Waals surface area contributed by atoms with Crippen LogP contribution in [0.5, 0.6) is 0 Å². The average molecular weight is 1550 g/mol. The third-order valence-corrected chi connectivity index (χ3v) is 23.5. The van der Waals surface area contributed by atoms with Gasteiger partial charge in [-0.2, -0.15) is 0 Å². The Balaban J connectivity index is 1.28. The van der Waals surface area contributed by atoms with E-state index in [0.717, 1.165) is 76.2 Å². The number of carbonyl (C=O) groups is 8. The molecule has 1 aliphatic carbocycles. The summed E-state index contributed by atoms with van der Waals surface area (Å²) in [5, 5.41) is 24.3. The van der Waals surface area contributed by atoms with Crippen LogP contribution in [0.2, 0.25) is 0 Å².